The highest BCUT2D eigenvalue weighted by Gasteiger charge is 2.37. The Bertz CT molecular complexity index is 576. The Morgan fingerprint density at radius 1 is 1.50 bits per heavy atom. The van der Waals surface area contributed by atoms with E-state index in [1.165, 1.54) is 13.0 Å². The molecule has 0 spiro atoms. The summed E-state index contributed by atoms with van der Waals surface area (Å²) in [5.74, 6) is -2.23. The molecule has 0 aromatic heterocycles. The van der Waals surface area contributed by atoms with Gasteiger partial charge in [-0.3, -0.25) is 14.9 Å². The number of carbonyl (C=O) groups is 1. The molecular weight excluding hydrogens is 267 g/mol. The number of carboxylic acid groups (broad SMARTS) is 1. The van der Waals surface area contributed by atoms with Crippen LogP contribution in [0.1, 0.15) is 12.5 Å². The number of rotatable bonds is 3. The molecule has 7 heteroatoms. The summed E-state index contributed by atoms with van der Waals surface area (Å²) in [6, 6.07) is 2.30. The Labute approximate surface area is 115 Å². The molecule has 0 aliphatic carbocycles. The molecule has 1 aromatic rings. The van der Waals surface area contributed by atoms with Crippen LogP contribution in [0.3, 0.4) is 0 Å². The fraction of sp³-hybridized carbons (Fsp3) is 0.462. The van der Waals surface area contributed by atoms with E-state index in [9.17, 15) is 19.3 Å². The number of nitro benzene ring substituents is 1. The summed E-state index contributed by atoms with van der Waals surface area (Å²) in [7, 11) is 0. The fourth-order valence-electron chi connectivity index (χ4n) is 2.54. The van der Waals surface area contributed by atoms with Crippen LogP contribution in [0.2, 0.25) is 0 Å². The zero-order valence-corrected chi connectivity index (χ0v) is 11.2. The molecule has 1 aliphatic heterocycles. The predicted octanol–water partition coefficient (Wildman–Crippen LogP) is 2.20. The smallest absolute Gasteiger partial charge is 0.308 e. The van der Waals surface area contributed by atoms with E-state index in [1.54, 1.807) is 11.8 Å². The van der Waals surface area contributed by atoms with E-state index in [0.717, 1.165) is 6.07 Å². The van der Waals surface area contributed by atoms with E-state index < -0.39 is 22.6 Å². The SMILES string of the molecule is Cc1cc(N2CC(C)C(C(=O)O)C2)c([N+](=O)[O-])cc1F. The van der Waals surface area contributed by atoms with Crippen molar-refractivity contribution in [3.05, 3.63) is 33.6 Å². The first-order valence-electron chi connectivity index (χ1n) is 6.23. The maximum absolute atomic E-state index is 13.5. The molecule has 2 unspecified atom stereocenters. The Hall–Kier alpha value is -2.18. The Morgan fingerprint density at radius 3 is 2.65 bits per heavy atom. The number of halogens is 1. The molecule has 1 heterocycles. The zero-order valence-electron chi connectivity index (χ0n) is 11.2. The van der Waals surface area contributed by atoms with Gasteiger partial charge in [-0.15, -0.1) is 0 Å². The van der Waals surface area contributed by atoms with Crippen molar-refractivity contribution < 1.29 is 19.2 Å². The summed E-state index contributed by atoms with van der Waals surface area (Å²) in [6.45, 7) is 3.92. The number of hydrogen-bond acceptors (Lipinski definition) is 4. The second kappa shape index (κ2) is 5.07. The van der Waals surface area contributed by atoms with E-state index in [-0.39, 0.29) is 23.8 Å². The van der Waals surface area contributed by atoms with Crippen molar-refractivity contribution in [2.75, 3.05) is 18.0 Å². The Kier molecular flexibility index (Phi) is 3.61. The van der Waals surface area contributed by atoms with Gasteiger partial charge >= 0.3 is 5.97 Å². The molecule has 1 saturated heterocycles. The van der Waals surface area contributed by atoms with Crippen molar-refractivity contribution in [2.45, 2.75) is 13.8 Å². The van der Waals surface area contributed by atoms with Crippen LogP contribution >= 0.6 is 0 Å². The van der Waals surface area contributed by atoms with Gasteiger partial charge in [0, 0.05) is 13.1 Å². The molecule has 0 saturated carbocycles. The molecule has 0 radical (unpaired) electrons. The van der Waals surface area contributed by atoms with Gasteiger partial charge in [-0.05, 0) is 24.5 Å². The van der Waals surface area contributed by atoms with Crippen molar-refractivity contribution in [3.8, 4) is 0 Å². The number of benzene rings is 1. The second-order valence-corrected chi connectivity index (χ2v) is 5.17. The predicted molar refractivity (Wildman–Crippen MR) is 70.3 cm³/mol. The lowest BCUT2D eigenvalue weighted by molar-refractivity contribution is -0.384. The van der Waals surface area contributed by atoms with E-state index >= 15 is 0 Å². The van der Waals surface area contributed by atoms with Gasteiger partial charge in [-0.25, -0.2) is 4.39 Å². The van der Waals surface area contributed by atoms with Crippen LogP contribution in [0, 0.1) is 34.7 Å². The average molecular weight is 282 g/mol. The van der Waals surface area contributed by atoms with Crippen LogP contribution in [0.5, 0.6) is 0 Å². The highest BCUT2D eigenvalue weighted by Crippen LogP contribution is 2.36. The quantitative estimate of drug-likeness (QED) is 0.678. The van der Waals surface area contributed by atoms with Crippen LogP contribution in [-0.2, 0) is 4.79 Å². The fourth-order valence-corrected chi connectivity index (χ4v) is 2.54. The number of nitrogens with zero attached hydrogens (tertiary/aromatic N) is 2. The van der Waals surface area contributed by atoms with Gasteiger partial charge in [0.2, 0.25) is 0 Å². The molecule has 2 rings (SSSR count). The van der Waals surface area contributed by atoms with Crippen LogP contribution < -0.4 is 4.90 Å². The summed E-state index contributed by atoms with van der Waals surface area (Å²) in [5, 5.41) is 20.1. The van der Waals surface area contributed by atoms with E-state index in [2.05, 4.69) is 0 Å². The first-order chi connectivity index (χ1) is 9.31. The summed E-state index contributed by atoms with van der Waals surface area (Å²) >= 11 is 0. The summed E-state index contributed by atoms with van der Waals surface area (Å²) in [5.41, 5.74) is 0.257. The maximum atomic E-state index is 13.5. The highest BCUT2D eigenvalue weighted by molar-refractivity contribution is 5.74. The van der Waals surface area contributed by atoms with Crippen LogP contribution in [0.15, 0.2) is 12.1 Å². The molecule has 6 nitrogen and oxygen atoms in total. The van der Waals surface area contributed by atoms with Crippen molar-refractivity contribution >= 4 is 17.3 Å². The lowest BCUT2D eigenvalue weighted by Gasteiger charge is -2.18. The minimum Gasteiger partial charge on any atom is -0.481 e. The molecule has 108 valence electrons. The van der Waals surface area contributed by atoms with Crippen LogP contribution in [-0.4, -0.2) is 29.1 Å². The van der Waals surface area contributed by atoms with E-state index in [0.29, 0.717) is 12.1 Å². The Morgan fingerprint density at radius 2 is 2.15 bits per heavy atom. The largest absolute Gasteiger partial charge is 0.481 e. The maximum Gasteiger partial charge on any atom is 0.308 e. The third-order valence-electron chi connectivity index (χ3n) is 3.72. The molecule has 1 fully saturated rings. The summed E-state index contributed by atoms with van der Waals surface area (Å²) in [6.07, 6.45) is 0. The first kappa shape index (κ1) is 14.2. The van der Waals surface area contributed by atoms with Crippen molar-refractivity contribution in [3.63, 3.8) is 0 Å². The van der Waals surface area contributed by atoms with Gasteiger partial charge in [0.05, 0.1) is 16.9 Å². The molecule has 1 aromatic carbocycles. The van der Waals surface area contributed by atoms with Gasteiger partial charge in [0.1, 0.15) is 11.5 Å². The molecule has 1 N–H and O–H groups in total. The van der Waals surface area contributed by atoms with Crippen molar-refractivity contribution in [1.82, 2.24) is 0 Å². The number of nitro groups is 1. The van der Waals surface area contributed by atoms with Gasteiger partial charge in [-0.1, -0.05) is 6.92 Å². The topological polar surface area (TPSA) is 83.7 Å². The lowest BCUT2D eigenvalue weighted by atomic mass is 9.99. The number of anilines is 1. The molecule has 20 heavy (non-hydrogen) atoms. The van der Waals surface area contributed by atoms with Crippen molar-refractivity contribution in [1.29, 1.82) is 0 Å². The zero-order chi connectivity index (χ0) is 15.0. The van der Waals surface area contributed by atoms with Gasteiger partial charge in [0.25, 0.3) is 5.69 Å². The minimum atomic E-state index is -0.915. The second-order valence-electron chi connectivity index (χ2n) is 5.17. The van der Waals surface area contributed by atoms with Crippen LogP contribution in [0.25, 0.3) is 0 Å². The standard InChI is InChI=1S/C13H15FN2O4/c1-7-3-11(12(16(19)20)4-10(7)14)15-5-8(2)9(6-15)13(17)18/h3-4,8-9H,5-6H2,1-2H3,(H,17,18). The van der Waals surface area contributed by atoms with Gasteiger partial charge in [-0.2, -0.15) is 0 Å². The molecular formula is C13H15FN2O4. The average Bonchev–Trinajstić information content (AvgIpc) is 2.74. The van der Waals surface area contributed by atoms with Gasteiger partial charge in [0.15, 0.2) is 0 Å². The number of aryl methyl sites for hydroxylation is 1. The molecule has 2 atom stereocenters. The number of hydrogen-bond donors (Lipinski definition) is 1. The minimum absolute atomic E-state index is 0.113. The molecule has 0 bridgehead atoms. The normalized spacial score (nSPS) is 22.1. The van der Waals surface area contributed by atoms with E-state index in [4.69, 9.17) is 5.11 Å². The monoisotopic (exact) mass is 282 g/mol. The summed E-state index contributed by atoms with van der Waals surface area (Å²) in [4.78, 5) is 23.1. The lowest BCUT2D eigenvalue weighted by Crippen LogP contribution is -2.23. The van der Waals surface area contributed by atoms with Crippen LogP contribution in [0.4, 0.5) is 15.8 Å². The van der Waals surface area contributed by atoms with Gasteiger partial charge < -0.3 is 10.0 Å². The van der Waals surface area contributed by atoms with E-state index in [1.807, 2.05) is 0 Å². The third kappa shape index (κ3) is 2.43. The number of carboxylic acids is 1. The molecule has 0 amide bonds. The van der Waals surface area contributed by atoms with Crippen molar-refractivity contribution in [2.24, 2.45) is 11.8 Å². The number of aliphatic carboxylic acids is 1. The Balaban J connectivity index is 2.41. The third-order valence-corrected chi connectivity index (χ3v) is 3.72. The highest BCUT2D eigenvalue weighted by atomic mass is 19.1. The summed E-state index contributed by atoms with van der Waals surface area (Å²) < 4.78 is 13.5. The first-order valence-corrected chi connectivity index (χ1v) is 6.23. The molecule has 1 aliphatic rings.